The van der Waals surface area contributed by atoms with Gasteiger partial charge in [0.2, 0.25) is 5.91 Å². The first-order valence-electron chi connectivity index (χ1n) is 15.0. The molecule has 0 aliphatic heterocycles. The second kappa shape index (κ2) is 15.0. The van der Waals surface area contributed by atoms with Gasteiger partial charge in [-0.2, -0.15) is 0 Å². The van der Waals surface area contributed by atoms with E-state index in [1.807, 2.05) is 42.5 Å². The Balaban J connectivity index is 1.60. The van der Waals surface area contributed by atoms with Crippen LogP contribution < -0.4 is 10.6 Å². The van der Waals surface area contributed by atoms with Crippen LogP contribution in [0.5, 0.6) is 5.75 Å². The van der Waals surface area contributed by atoms with Crippen molar-refractivity contribution < 1.29 is 19.4 Å². The predicted molar refractivity (Wildman–Crippen MR) is 174 cm³/mol. The zero-order valence-corrected chi connectivity index (χ0v) is 27.4. The molecule has 6 nitrogen and oxygen atoms in total. The number of carbonyl (C=O) groups excluding carboxylic acids is 1. The van der Waals surface area contributed by atoms with Gasteiger partial charge < -0.3 is 25.3 Å². The lowest BCUT2D eigenvalue weighted by Gasteiger charge is -2.40. The van der Waals surface area contributed by atoms with E-state index in [2.05, 4.69) is 82.6 Å². The second-order valence-electron chi connectivity index (χ2n) is 13.0. The third-order valence-electron chi connectivity index (χ3n) is 8.41. The molecule has 3 rings (SSSR count). The topological polar surface area (TPSA) is 90.8 Å². The van der Waals surface area contributed by atoms with Crippen LogP contribution in [0.3, 0.4) is 0 Å². The summed E-state index contributed by atoms with van der Waals surface area (Å²) in [5.74, 6) is 0.380. The SMILES string of the molecule is C[C@H](Cc1cccc(CC(=O)NC[C@H](C)c2ccccc2)c1)NC[C@@H](O[Si](C)(C)C(C)(C)C)c1ccc(O)c(CO)c1. The van der Waals surface area contributed by atoms with Gasteiger partial charge in [0.25, 0.3) is 0 Å². The maximum Gasteiger partial charge on any atom is 0.224 e. The van der Waals surface area contributed by atoms with Crippen molar-refractivity contribution in [3.8, 4) is 5.75 Å². The number of hydrogen-bond acceptors (Lipinski definition) is 5. The summed E-state index contributed by atoms with van der Waals surface area (Å²) in [6.45, 7) is 16.4. The van der Waals surface area contributed by atoms with E-state index in [0.717, 1.165) is 17.5 Å². The maximum absolute atomic E-state index is 12.7. The highest BCUT2D eigenvalue weighted by molar-refractivity contribution is 6.74. The fraction of sp³-hybridized carbons (Fsp3) is 0.457. The fourth-order valence-electron chi connectivity index (χ4n) is 4.71. The molecule has 0 saturated heterocycles. The first-order valence-corrected chi connectivity index (χ1v) is 17.9. The normalized spacial score (nSPS) is 14.3. The minimum absolute atomic E-state index is 0.0304. The van der Waals surface area contributed by atoms with Crippen molar-refractivity contribution in [2.45, 2.75) is 90.3 Å². The Labute approximate surface area is 253 Å². The first-order chi connectivity index (χ1) is 19.8. The number of benzene rings is 3. The second-order valence-corrected chi connectivity index (χ2v) is 17.8. The largest absolute Gasteiger partial charge is 0.508 e. The smallest absolute Gasteiger partial charge is 0.224 e. The Morgan fingerprint density at radius 1 is 0.905 bits per heavy atom. The first kappa shape index (κ1) is 33.5. The monoisotopic (exact) mass is 590 g/mol. The Kier molecular flexibility index (Phi) is 11.9. The van der Waals surface area contributed by atoms with Gasteiger partial charge in [0.1, 0.15) is 5.75 Å². The zero-order valence-electron chi connectivity index (χ0n) is 26.4. The molecule has 0 heterocycles. The number of rotatable bonds is 14. The number of aromatic hydroxyl groups is 1. The summed E-state index contributed by atoms with van der Waals surface area (Å²) in [6, 6.07) is 24.0. The molecule has 7 heteroatoms. The Morgan fingerprint density at radius 2 is 1.60 bits per heavy atom. The molecule has 3 atom stereocenters. The van der Waals surface area contributed by atoms with Gasteiger partial charge in [-0.15, -0.1) is 0 Å². The van der Waals surface area contributed by atoms with Crippen LogP contribution in [0.2, 0.25) is 18.1 Å². The van der Waals surface area contributed by atoms with Gasteiger partial charge in [0.05, 0.1) is 19.1 Å². The summed E-state index contributed by atoms with van der Waals surface area (Å²) >= 11 is 0. The molecule has 228 valence electrons. The lowest BCUT2D eigenvalue weighted by molar-refractivity contribution is -0.120. The summed E-state index contributed by atoms with van der Waals surface area (Å²) in [6.07, 6.45) is 0.950. The summed E-state index contributed by atoms with van der Waals surface area (Å²) in [5, 5.41) is 26.6. The molecule has 0 spiro atoms. The van der Waals surface area contributed by atoms with Gasteiger partial charge in [-0.1, -0.05) is 88.4 Å². The molecule has 0 fully saturated rings. The van der Waals surface area contributed by atoms with Crippen LogP contribution in [0, 0.1) is 0 Å². The van der Waals surface area contributed by atoms with Gasteiger partial charge in [0.15, 0.2) is 8.32 Å². The van der Waals surface area contributed by atoms with Crippen molar-refractivity contribution >= 4 is 14.2 Å². The molecule has 0 unspecified atom stereocenters. The summed E-state index contributed by atoms with van der Waals surface area (Å²) in [4.78, 5) is 12.7. The standard InChI is InChI=1S/C35H50N2O4Si/c1-25(29-14-9-8-10-15-29)22-37-34(40)20-28-13-11-12-27(19-28)18-26(2)36-23-33(41-42(6,7)35(3,4)5)30-16-17-32(39)31(21-30)24-38/h8-17,19,21,25-26,33,36,38-39H,18,20,22-24H2,1-7H3,(H,37,40)/t25-,26+,33+/m0/s1. The molecule has 1 amide bonds. The van der Waals surface area contributed by atoms with Crippen LogP contribution in [-0.2, 0) is 28.7 Å². The van der Waals surface area contributed by atoms with E-state index in [9.17, 15) is 15.0 Å². The van der Waals surface area contributed by atoms with E-state index in [1.54, 1.807) is 6.07 Å². The van der Waals surface area contributed by atoms with Gasteiger partial charge in [-0.25, -0.2) is 0 Å². The molecule has 3 aromatic rings. The Hall–Kier alpha value is -2.97. The highest BCUT2D eigenvalue weighted by atomic mass is 28.4. The average molecular weight is 591 g/mol. The van der Waals surface area contributed by atoms with Crippen molar-refractivity contribution in [2.75, 3.05) is 13.1 Å². The van der Waals surface area contributed by atoms with Crippen LogP contribution in [0.4, 0.5) is 0 Å². The molecule has 0 saturated carbocycles. The van der Waals surface area contributed by atoms with Crippen LogP contribution in [0.15, 0.2) is 72.8 Å². The lowest BCUT2D eigenvalue weighted by Crippen LogP contribution is -2.44. The van der Waals surface area contributed by atoms with Crippen molar-refractivity contribution in [1.29, 1.82) is 0 Å². The number of aliphatic hydroxyl groups is 1. The third kappa shape index (κ3) is 9.80. The molecule has 4 N–H and O–H groups in total. The number of amides is 1. The van der Waals surface area contributed by atoms with Gasteiger partial charge in [0, 0.05) is 24.7 Å². The molecule has 0 bridgehead atoms. The van der Waals surface area contributed by atoms with Crippen LogP contribution >= 0.6 is 0 Å². The predicted octanol–water partition coefficient (Wildman–Crippen LogP) is 6.63. The van der Waals surface area contributed by atoms with E-state index in [-0.39, 0.29) is 41.4 Å². The number of nitrogens with one attached hydrogen (secondary N) is 2. The van der Waals surface area contributed by atoms with Crippen LogP contribution in [0.1, 0.15) is 74.5 Å². The minimum atomic E-state index is -2.10. The van der Waals surface area contributed by atoms with Crippen LogP contribution in [-0.4, -0.2) is 43.6 Å². The van der Waals surface area contributed by atoms with Crippen molar-refractivity contribution in [3.63, 3.8) is 0 Å². The lowest BCUT2D eigenvalue weighted by atomic mass is 10.0. The average Bonchev–Trinajstić information content (AvgIpc) is 2.94. The van der Waals surface area contributed by atoms with Gasteiger partial charge in [-0.3, -0.25) is 4.79 Å². The summed E-state index contributed by atoms with van der Waals surface area (Å²) < 4.78 is 6.83. The molecule has 0 aromatic heterocycles. The molecule has 42 heavy (non-hydrogen) atoms. The Morgan fingerprint density at radius 3 is 2.26 bits per heavy atom. The van der Waals surface area contributed by atoms with E-state index in [1.165, 1.54) is 11.1 Å². The van der Waals surface area contributed by atoms with E-state index in [0.29, 0.717) is 25.1 Å². The highest BCUT2D eigenvalue weighted by Gasteiger charge is 2.39. The van der Waals surface area contributed by atoms with E-state index < -0.39 is 8.32 Å². The van der Waals surface area contributed by atoms with Crippen molar-refractivity contribution in [1.82, 2.24) is 10.6 Å². The van der Waals surface area contributed by atoms with Crippen molar-refractivity contribution in [2.24, 2.45) is 0 Å². The third-order valence-corrected chi connectivity index (χ3v) is 12.9. The Bertz CT molecular complexity index is 1290. The maximum atomic E-state index is 12.7. The molecule has 0 radical (unpaired) electrons. The highest BCUT2D eigenvalue weighted by Crippen LogP contribution is 2.40. The molecular weight excluding hydrogens is 540 g/mol. The minimum Gasteiger partial charge on any atom is -0.508 e. The summed E-state index contributed by atoms with van der Waals surface area (Å²) in [5.41, 5.74) is 4.84. The summed E-state index contributed by atoms with van der Waals surface area (Å²) in [7, 11) is -2.10. The van der Waals surface area contributed by atoms with E-state index >= 15 is 0 Å². The number of aliphatic hydroxyl groups excluding tert-OH is 1. The molecule has 0 aliphatic rings. The zero-order chi connectivity index (χ0) is 30.9. The quantitative estimate of drug-likeness (QED) is 0.158. The fourth-order valence-corrected chi connectivity index (χ4v) is 5.99. The van der Waals surface area contributed by atoms with Gasteiger partial charge >= 0.3 is 0 Å². The van der Waals surface area contributed by atoms with Gasteiger partial charge in [-0.05, 0) is 71.8 Å². The van der Waals surface area contributed by atoms with Crippen LogP contribution in [0.25, 0.3) is 0 Å². The number of hydrogen-bond donors (Lipinski definition) is 4. The van der Waals surface area contributed by atoms with E-state index in [4.69, 9.17) is 4.43 Å². The molecular formula is C35H50N2O4Si. The molecule has 3 aromatic carbocycles. The molecule has 0 aliphatic carbocycles. The van der Waals surface area contributed by atoms with Crippen molar-refractivity contribution in [3.05, 3.63) is 101 Å². The number of carbonyl (C=O) groups is 1. The number of phenols is 1.